The maximum atomic E-state index is 4.44. The smallest absolute Gasteiger partial charge is 0.0599 e. The first-order valence-electron chi connectivity index (χ1n) is 6.73. The molecule has 4 aromatic rings. The van der Waals surface area contributed by atoms with E-state index in [4.69, 9.17) is 0 Å². The van der Waals surface area contributed by atoms with Crippen LogP contribution in [0.1, 0.15) is 0 Å². The average molecular weight is 258 g/mol. The van der Waals surface area contributed by atoms with Crippen molar-refractivity contribution >= 4 is 21.8 Å². The first kappa shape index (κ1) is 11.2. The third kappa shape index (κ3) is 1.48. The molecule has 0 saturated carbocycles. The van der Waals surface area contributed by atoms with Crippen molar-refractivity contribution in [2.45, 2.75) is 0 Å². The van der Waals surface area contributed by atoms with Gasteiger partial charge in [-0.15, -0.1) is 0 Å². The molecular formula is C18H14N2. The highest BCUT2D eigenvalue weighted by molar-refractivity contribution is 6.11. The Hall–Kier alpha value is -2.61. The van der Waals surface area contributed by atoms with Crippen molar-refractivity contribution in [1.29, 1.82) is 0 Å². The summed E-state index contributed by atoms with van der Waals surface area (Å²) in [6.07, 6.45) is 3.92. The molecule has 2 nitrogen and oxygen atoms in total. The van der Waals surface area contributed by atoms with Gasteiger partial charge in [0.05, 0.1) is 5.52 Å². The molecule has 0 atom stereocenters. The van der Waals surface area contributed by atoms with Crippen LogP contribution in [0.3, 0.4) is 0 Å². The summed E-state index contributed by atoms with van der Waals surface area (Å²) in [5.41, 5.74) is 4.87. The molecule has 2 aromatic heterocycles. The van der Waals surface area contributed by atoms with E-state index in [1.807, 2.05) is 18.5 Å². The molecule has 0 amide bonds. The molecule has 0 aliphatic rings. The van der Waals surface area contributed by atoms with E-state index in [1.165, 1.54) is 32.9 Å². The predicted molar refractivity (Wildman–Crippen MR) is 83.7 cm³/mol. The fourth-order valence-electron chi connectivity index (χ4n) is 2.96. The van der Waals surface area contributed by atoms with Gasteiger partial charge in [-0.3, -0.25) is 4.98 Å². The first-order valence-corrected chi connectivity index (χ1v) is 6.73. The van der Waals surface area contributed by atoms with Gasteiger partial charge in [-0.05, 0) is 11.6 Å². The summed E-state index contributed by atoms with van der Waals surface area (Å²) >= 11 is 0. The standard InChI is InChI=1S/C18H14N2/c1-20-17-10-6-5-9-14(17)16-12-19-11-15(18(16)20)13-7-3-2-4-8-13/h2-12H,1H3. The molecule has 0 aliphatic carbocycles. The van der Waals surface area contributed by atoms with Gasteiger partial charge in [0.25, 0.3) is 0 Å². The van der Waals surface area contributed by atoms with Crippen LogP contribution in [-0.2, 0) is 7.05 Å². The van der Waals surface area contributed by atoms with E-state index < -0.39 is 0 Å². The summed E-state index contributed by atoms with van der Waals surface area (Å²) in [5, 5.41) is 2.47. The highest BCUT2D eigenvalue weighted by Gasteiger charge is 2.12. The highest BCUT2D eigenvalue weighted by Crippen LogP contribution is 2.33. The van der Waals surface area contributed by atoms with Gasteiger partial charge >= 0.3 is 0 Å². The van der Waals surface area contributed by atoms with Gasteiger partial charge in [0.1, 0.15) is 0 Å². The van der Waals surface area contributed by atoms with Crippen LogP contribution < -0.4 is 0 Å². The second-order valence-corrected chi connectivity index (χ2v) is 5.03. The van der Waals surface area contributed by atoms with E-state index in [0.717, 1.165) is 0 Å². The molecule has 0 spiro atoms. The maximum absolute atomic E-state index is 4.44. The monoisotopic (exact) mass is 258 g/mol. The van der Waals surface area contributed by atoms with Crippen LogP contribution in [0, 0.1) is 0 Å². The summed E-state index contributed by atoms with van der Waals surface area (Å²) in [7, 11) is 2.12. The van der Waals surface area contributed by atoms with Crippen molar-refractivity contribution in [1.82, 2.24) is 9.55 Å². The lowest BCUT2D eigenvalue weighted by molar-refractivity contribution is 1.01. The van der Waals surface area contributed by atoms with E-state index >= 15 is 0 Å². The van der Waals surface area contributed by atoms with E-state index in [-0.39, 0.29) is 0 Å². The number of aromatic nitrogens is 2. The minimum absolute atomic E-state index is 1.18. The Morgan fingerprint density at radius 3 is 2.40 bits per heavy atom. The minimum Gasteiger partial charge on any atom is -0.343 e. The fraction of sp³-hybridized carbons (Fsp3) is 0.0556. The van der Waals surface area contributed by atoms with Crippen molar-refractivity contribution in [2.75, 3.05) is 0 Å². The van der Waals surface area contributed by atoms with Gasteiger partial charge in [-0.2, -0.15) is 0 Å². The topological polar surface area (TPSA) is 17.8 Å². The molecule has 0 fully saturated rings. The summed E-state index contributed by atoms with van der Waals surface area (Å²) < 4.78 is 2.26. The fourth-order valence-corrected chi connectivity index (χ4v) is 2.96. The molecule has 0 N–H and O–H groups in total. The Labute approximate surface area is 117 Å². The van der Waals surface area contributed by atoms with Crippen molar-refractivity contribution < 1.29 is 0 Å². The van der Waals surface area contributed by atoms with Crippen LogP contribution in [-0.4, -0.2) is 9.55 Å². The Morgan fingerprint density at radius 2 is 1.55 bits per heavy atom. The zero-order chi connectivity index (χ0) is 13.5. The lowest BCUT2D eigenvalue weighted by atomic mass is 10.1. The van der Waals surface area contributed by atoms with Crippen molar-refractivity contribution in [3.05, 3.63) is 67.0 Å². The number of nitrogens with zero attached hydrogens (tertiary/aromatic N) is 2. The number of para-hydroxylation sites is 1. The van der Waals surface area contributed by atoms with Gasteiger partial charge < -0.3 is 4.57 Å². The number of aryl methyl sites for hydroxylation is 1. The Bertz CT molecular complexity index is 905. The van der Waals surface area contributed by atoms with Gasteiger partial charge in [-0.1, -0.05) is 48.5 Å². The quantitative estimate of drug-likeness (QED) is 0.495. The van der Waals surface area contributed by atoms with Crippen molar-refractivity contribution in [2.24, 2.45) is 7.05 Å². The Balaban J connectivity index is 2.19. The third-order valence-electron chi connectivity index (χ3n) is 3.89. The molecule has 2 heterocycles. The Morgan fingerprint density at radius 1 is 0.800 bits per heavy atom. The minimum atomic E-state index is 1.18. The maximum Gasteiger partial charge on any atom is 0.0599 e. The summed E-state index contributed by atoms with van der Waals surface area (Å²) in [6, 6.07) is 18.9. The van der Waals surface area contributed by atoms with Crippen LogP contribution in [0.2, 0.25) is 0 Å². The van der Waals surface area contributed by atoms with Crippen LogP contribution in [0.15, 0.2) is 67.0 Å². The molecule has 0 radical (unpaired) electrons. The second kappa shape index (κ2) is 4.20. The zero-order valence-corrected chi connectivity index (χ0v) is 11.2. The van der Waals surface area contributed by atoms with Crippen molar-refractivity contribution in [3.8, 4) is 11.1 Å². The molecule has 4 rings (SSSR count). The molecule has 0 aliphatic heterocycles. The molecule has 0 unspecified atom stereocenters. The van der Waals surface area contributed by atoms with Gasteiger partial charge in [0.15, 0.2) is 0 Å². The number of fused-ring (bicyclic) bond motifs is 3. The molecule has 96 valence electrons. The summed E-state index contributed by atoms with van der Waals surface area (Å²) in [4.78, 5) is 4.44. The summed E-state index contributed by atoms with van der Waals surface area (Å²) in [6.45, 7) is 0. The largest absolute Gasteiger partial charge is 0.343 e. The SMILES string of the molecule is Cn1c2ccccc2c2cncc(-c3ccccc3)c21. The lowest BCUT2D eigenvalue weighted by Gasteiger charge is -2.06. The van der Waals surface area contributed by atoms with E-state index in [1.54, 1.807) is 0 Å². The van der Waals surface area contributed by atoms with Crippen LogP contribution in [0.5, 0.6) is 0 Å². The highest BCUT2D eigenvalue weighted by atomic mass is 14.9. The van der Waals surface area contributed by atoms with Gasteiger partial charge in [-0.25, -0.2) is 0 Å². The van der Waals surface area contributed by atoms with Crippen LogP contribution in [0.25, 0.3) is 32.9 Å². The Kier molecular flexibility index (Phi) is 2.36. The number of hydrogen-bond acceptors (Lipinski definition) is 1. The molecule has 0 bridgehead atoms. The van der Waals surface area contributed by atoms with E-state index in [0.29, 0.717) is 0 Å². The zero-order valence-electron chi connectivity index (χ0n) is 11.2. The average Bonchev–Trinajstić information content (AvgIpc) is 2.82. The molecule has 2 heteroatoms. The number of benzene rings is 2. The van der Waals surface area contributed by atoms with Crippen molar-refractivity contribution in [3.63, 3.8) is 0 Å². The van der Waals surface area contributed by atoms with Gasteiger partial charge in [0, 0.05) is 41.3 Å². The number of hydrogen-bond donors (Lipinski definition) is 0. The molecule has 0 saturated heterocycles. The molecule has 2 aromatic carbocycles. The predicted octanol–water partition coefficient (Wildman–Crippen LogP) is 4.39. The van der Waals surface area contributed by atoms with Crippen LogP contribution >= 0.6 is 0 Å². The summed E-state index contributed by atoms with van der Waals surface area (Å²) in [5.74, 6) is 0. The normalized spacial score (nSPS) is 11.2. The van der Waals surface area contributed by atoms with Gasteiger partial charge in [0.2, 0.25) is 0 Å². The molecular weight excluding hydrogens is 244 g/mol. The van der Waals surface area contributed by atoms with E-state index in [2.05, 4.69) is 65.1 Å². The molecule has 20 heavy (non-hydrogen) atoms. The number of rotatable bonds is 1. The third-order valence-corrected chi connectivity index (χ3v) is 3.89. The lowest BCUT2D eigenvalue weighted by Crippen LogP contribution is -1.90. The van der Waals surface area contributed by atoms with E-state index in [9.17, 15) is 0 Å². The number of pyridine rings is 1. The first-order chi connectivity index (χ1) is 9.86. The second-order valence-electron chi connectivity index (χ2n) is 5.03. The van der Waals surface area contributed by atoms with Crippen LogP contribution in [0.4, 0.5) is 0 Å².